The summed E-state index contributed by atoms with van der Waals surface area (Å²) in [6, 6.07) is 0.420. The number of aliphatic carboxylic acids is 1. The molecule has 1 rings (SSSR count). The molecular weight excluding hydrogens is 549 g/mol. The first kappa shape index (κ1) is 35.4. The zero-order valence-electron chi connectivity index (χ0n) is 22.4. The number of nitro benzene ring substituents is 1. The standard InChI is InChI=1S/C23H36BN5O12/c1-25-18(22(36)37)4-2-3-7-26-19(33)6-5-17(21(35)28-23(11-30,12-31)13-32)27-20(34)14-8-15(24(38)39)10-16(9-14)29(40)41/h8-10,17-18,25,30-32,38-39H,2-7,11-13H2,1H3,(H,26,33)(H,27,34)(H,28,35)(H,36,37)/t17-,18-/m0/s1. The highest BCUT2D eigenvalue weighted by molar-refractivity contribution is 6.58. The van der Waals surface area contributed by atoms with E-state index < -0.39 is 84.4 Å². The molecule has 0 aliphatic rings. The van der Waals surface area contributed by atoms with Gasteiger partial charge in [-0.15, -0.1) is 0 Å². The van der Waals surface area contributed by atoms with Gasteiger partial charge in [0.25, 0.3) is 11.6 Å². The zero-order valence-corrected chi connectivity index (χ0v) is 22.4. The Kier molecular flexibility index (Phi) is 14.8. The lowest BCUT2D eigenvalue weighted by Gasteiger charge is -2.31. The van der Waals surface area contributed by atoms with Gasteiger partial charge in [-0.05, 0) is 44.3 Å². The van der Waals surface area contributed by atoms with Crippen molar-refractivity contribution < 1.29 is 54.6 Å². The van der Waals surface area contributed by atoms with Gasteiger partial charge in [0.15, 0.2) is 0 Å². The molecule has 0 heterocycles. The molecule has 1 aromatic rings. The van der Waals surface area contributed by atoms with Gasteiger partial charge in [-0.3, -0.25) is 29.3 Å². The third kappa shape index (κ3) is 11.4. The molecule has 0 aromatic heterocycles. The third-order valence-corrected chi connectivity index (χ3v) is 6.18. The smallest absolute Gasteiger partial charge is 0.480 e. The summed E-state index contributed by atoms with van der Waals surface area (Å²) in [5.41, 5.74) is -3.26. The monoisotopic (exact) mass is 585 g/mol. The maximum Gasteiger partial charge on any atom is 0.488 e. The summed E-state index contributed by atoms with van der Waals surface area (Å²) in [5, 5.41) is 77.5. The quantitative estimate of drug-likeness (QED) is 0.0321. The van der Waals surface area contributed by atoms with Crippen LogP contribution in [0.5, 0.6) is 0 Å². The third-order valence-electron chi connectivity index (χ3n) is 6.18. The highest BCUT2D eigenvalue weighted by atomic mass is 16.6. The van der Waals surface area contributed by atoms with E-state index in [4.69, 9.17) is 5.11 Å². The van der Waals surface area contributed by atoms with Crippen LogP contribution in [-0.4, -0.2) is 117 Å². The Hall–Kier alpha value is -3.68. The van der Waals surface area contributed by atoms with Crippen LogP contribution in [0.1, 0.15) is 42.5 Å². The van der Waals surface area contributed by atoms with Gasteiger partial charge < -0.3 is 51.7 Å². The molecule has 10 N–H and O–H groups in total. The van der Waals surface area contributed by atoms with Crippen LogP contribution in [0.2, 0.25) is 0 Å². The number of carbonyl (C=O) groups is 4. The molecule has 0 radical (unpaired) electrons. The average molecular weight is 585 g/mol. The van der Waals surface area contributed by atoms with Crippen molar-refractivity contribution in [3.63, 3.8) is 0 Å². The summed E-state index contributed by atoms with van der Waals surface area (Å²) >= 11 is 0. The Morgan fingerprint density at radius 2 is 1.63 bits per heavy atom. The number of aliphatic hydroxyl groups excluding tert-OH is 3. The molecule has 0 unspecified atom stereocenters. The SMILES string of the molecule is CN[C@@H](CCCCNC(=O)CC[C@H](NC(=O)c1cc(B(O)O)cc([N+](=O)[O-])c1)C(=O)NC(CO)(CO)CO)C(=O)O. The summed E-state index contributed by atoms with van der Waals surface area (Å²) in [6.07, 6.45) is 0.693. The zero-order chi connectivity index (χ0) is 31.2. The normalized spacial score (nSPS) is 12.6. The number of hydrogen-bond donors (Lipinski definition) is 10. The average Bonchev–Trinajstić information content (AvgIpc) is 2.94. The number of benzene rings is 1. The molecular formula is C23H36BN5O12. The number of likely N-dealkylation sites (N-methyl/N-ethyl adjacent to an activating group) is 1. The molecule has 0 fully saturated rings. The molecule has 41 heavy (non-hydrogen) atoms. The van der Waals surface area contributed by atoms with Crippen molar-refractivity contribution >= 4 is 42.0 Å². The first-order chi connectivity index (χ1) is 19.3. The molecule has 0 saturated heterocycles. The Bertz CT molecular complexity index is 1060. The molecule has 0 aliphatic heterocycles. The van der Waals surface area contributed by atoms with Gasteiger partial charge in [0.1, 0.15) is 17.6 Å². The number of amides is 3. The predicted molar refractivity (Wildman–Crippen MR) is 143 cm³/mol. The van der Waals surface area contributed by atoms with E-state index in [-0.39, 0.29) is 24.8 Å². The number of hydrogen-bond acceptors (Lipinski definition) is 12. The molecule has 2 atom stereocenters. The first-order valence-electron chi connectivity index (χ1n) is 12.6. The van der Waals surface area contributed by atoms with Gasteiger partial charge in [-0.2, -0.15) is 0 Å². The van der Waals surface area contributed by atoms with Crippen LogP contribution in [0.25, 0.3) is 0 Å². The van der Waals surface area contributed by atoms with Gasteiger partial charge in [-0.1, -0.05) is 0 Å². The van der Waals surface area contributed by atoms with Crippen LogP contribution in [0, 0.1) is 10.1 Å². The lowest BCUT2D eigenvalue weighted by atomic mass is 9.79. The van der Waals surface area contributed by atoms with Crippen molar-refractivity contribution in [2.75, 3.05) is 33.4 Å². The Morgan fingerprint density at radius 3 is 2.15 bits per heavy atom. The van der Waals surface area contributed by atoms with Crippen molar-refractivity contribution in [1.82, 2.24) is 21.3 Å². The van der Waals surface area contributed by atoms with Crippen molar-refractivity contribution in [1.29, 1.82) is 0 Å². The fraction of sp³-hybridized carbons (Fsp3) is 0.565. The van der Waals surface area contributed by atoms with E-state index in [2.05, 4.69) is 21.3 Å². The highest BCUT2D eigenvalue weighted by Crippen LogP contribution is 2.14. The minimum absolute atomic E-state index is 0.209. The highest BCUT2D eigenvalue weighted by Gasteiger charge is 2.34. The van der Waals surface area contributed by atoms with Crippen molar-refractivity contribution in [3.8, 4) is 0 Å². The van der Waals surface area contributed by atoms with Crippen LogP contribution >= 0.6 is 0 Å². The maximum atomic E-state index is 13.0. The predicted octanol–water partition coefficient (Wildman–Crippen LogP) is -4.06. The van der Waals surface area contributed by atoms with E-state index >= 15 is 0 Å². The summed E-state index contributed by atoms with van der Waals surface area (Å²) < 4.78 is 0. The van der Waals surface area contributed by atoms with Gasteiger partial charge >= 0.3 is 13.1 Å². The number of rotatable bonds is 19. The molecule has 0 aliphatic carbocycles. The van der Waals surface area contributed by atoms with E-state index in [1.807, 2.05) is 0 Å². The van der Waals surface area contributed by atoms with Crippen LogP contribution in [-0.2, 0) is 14.4 Å². The van der Waals surface area contributed by atoms with E-state index in [0.29, 0.717) is 19.3 Å². The second kappa shape index (κ2) is 17.2. The number of nitrogens with zero attached hydrogens (tertiary/aromatic N) is 1. The summed E-state index contributed by atoms with van der Waals surface area (Å²) in [5.74, 6) is -3.55. The molecule has 1 aromatic carbocycles. The summed E-state index contributed by atoms with van der Waals surface area (Å²) in [4.78, 5) is 59.7. The van der Waals surface area contributed by atoms with Crippen LogP contribution < -0.4 is 26.7 Å². The summed E-state index contributed by atoms with van der Waals surface area (Å²) in [6.45, 7) is -2.40. The van der Waals surface area contributed by atoms with E-state index in [9.17, 15) is 54.7 Å². The van der Waals surface area contributed by atoms with E-state index in [0.717, 1.165) is 18.2 Å². The number of nitro groups is 1. The minimum atomic E-state index is -2.14. The maximum absolute atomic E-state index is 13.0. The molecule has 0 saturated carbocycles. The topological polar surface area (TPSA) is 281 Å². The number of carbonyl (C=O) groups excluding carboxylic acids is 3. The van der Waals surface area contributed by atoms with Crippen molar-refractivity contribution in [2.24, 2.45) is 0 Å². The number of carboxylic acid groups (broad SMARTS) is 1. The van der Waals surface area contributed by atoms with Crippen molar-refractivity contribution in [3.05, 3.63) is 33.9 Å². The molecule has 18 heteroatoms. The molecule has 3 amide bonds. The number of nitrogens with one attached hydrogen (secondary N) is 4. The summed E-state index contributed by atoms with van der Waals surface area (Å²) in [7, 11) is -0.622. The minimum Gasteiger partial charge on any atom is -0.480 e. The number of unbranched alkanes of at least 4 members (excludes halogenated alkanes) is 1. The van der Waals surface area contributed by atoms with Crippen LogP contribution in [0.4, 0.5) is 5.69 Å². The fourth-order valence-electron chi connectivity index (χ4n) is 3.60. The second-order valence-corrected chi connectivity index (χ2v) is 9.28. The molecule has 17 nitrogen and oxygen atoms in total. The lowest BCUT2D eigenvalue weighted by Crippen LogP contribution is -2.61. The fourth-order valence-corrected chi connectivity index (χ4v) is 3.60. The van der Waals surface area contributed by atoms with Crippen LogP contribution in [0.15, 0.2) is 18.2 Å². The number of carboxylic acids is 1. The largest absolute Gasteiger partial charge is 0.488 e. The Balaban J connectivity index is 2.99. The van der Waals surface area contributed by atoms with E-state index in [1.165, 1.54) is 7.05 Å². The lowest BCUT2D eigenvalue weighted by molar-refractivity contribution is -0.384. The van der Waals surface area contributed by atoms with Gasteiger partial charge in [0, 0.05) is 30.7 Å². The molecule has 0 bridgehead atoms. The first-order valence-corrected chi connectivity index (χ1v) is 12.6. The van der Waals surface area contributed by atoms with Gasteiger partial charge in [0.05, 0.1) is 24.7 Å². The van der Waals surface area contributed by atoms with Gasteiger partial charge in [0.2, 0.25) is 11.8 Å². The molecule has 228 valence electrons. The number of aliphatic hydroxyl groups is 3. The van der Waals surface area contributed by atoms with Crippen LogP contribution in [0.3, 0.4) is 0 Å². The Labute approximate surface area is 235 Å². The molecule has 0 spiro atoms. The number of non-ortho nitro benzene ring substituents is 1. The Morgan fingerprint density at radius 1 is 1.00 bits per heavy atom. The van der Waals surface area contributed by atoms with Gasteiger partial charge in [-0.25, -0.2) is 0 Å². The van der Waals surface area contributed by atoms with Crippen molar-refractivity contribution in [2.45, 2.75) is 49.7 Å². The van der Waals surface area contributed by atoms with E-state index in [1.54, 1.807) is 0 Å². The second-order valence-electron chi connectivity index (χ2n) is 9.28.